The number of nitrogens with one attached hydrogen (secondary N) is 1. The summed E-state index contributed by atoms with van der Waals surface area (Å²) in [5.74, 6) is 0. The fraction of sp³-hybridized carbons (Fsp3) is 1.00. The fourth-order valence-electron chi connectivity index (χ4n) is 1.69. The molecular weight excluding hydrogens is 223 g/mol. The van der Waals surface area contributed by atoms with Crippen LogP contribution in [-0.4, -0.2) is 44.7 Å². The third-order valence-electron chi connectivity index (χ3n) is 2.51. The maximum atomic E-state index is 11.7. The minimum absolute atomic E-state index is 0.0112. The SMILES string of the molecule is CC1NCCCC1OCCOCC(F)(F)F. The van der Waals surface area contributed by atoms with Crippen LogP contribution < -0.4 is 5.32 Å². The highest BCUT2D eigenvalue weighted by atomic mass is 19.4. The molecule has 6 heteroatoms. The summed E-state index contributed by atoms with van der Waals surface area (Å²) in [5.41, 5.74) is 0. The lowest BCUT2D eigenvalue weighted by molar-refractivity contribution is -0.177. The van der Waals surface area contributed by atoms with E-state index < -0.39 is 12.8 Å². The van der Waals surface area contributed by atoms with Gasteiger partial charge >= 0.3 is 6.18 Å². The molecule has 1 heterocycles. The van der Waals surface area contributed by atoms with E-state index in [2.05, 4.69) is 10.1 Å². The first kappa shape index (κ1) is 13.7. The molecule has 0 aromatic heterocycles. The minimum atomic E-state index is -4.25. The molecule has 0 amide bonds. The molecule has 1 aliphatic rings. The monoisotopic (exact) mass is 241 g/mol. The number of alkyl halides is 3. The molecule has 3 nitrogen and oxygen atoms in total. The van der Waals surface area contributed by atoms with E-state index in [0.29, 0.717) is 0 Å². The predicted molar refractivity (Wildman–Crippen MR) is 53.3 cm³/mol. The Morgan fingerprint density at radius 1 is 1.31 bits per heavy atom. The summed E-state index contributed by atoms with van der Waals surface area (Å²) >= 11 is 0. The first-order valence-electron chi connectivity index (χ1n) is 5.48. The van der Waals surface area contributed by atoms with Gasteiger partial charge in [0.25, 0.3) is 0 Å². The van der Waals surface area contributed by atoms with E-state index in [1.54, 1.807) is 0 Å². The van der Waals surface area contributed by atoms with Crippen LogP contribution in [0.4, 0.5) is 13.2 Å². The van der Waals surface area contributed by atoms with Crippen molar-refractivity contribution in [2.45, 2.75) is 38.1 Å². The third-order valence-corrected chi connectivity index (χ3v) is 2.51. The Bertz CT molecular complexity index is 199. The van der Waals surface area contributed by atoms with E-state index in [1.807, 2.05) is 6.92 Å². The molecule has 16 heavy (non-hydrogen) atoms. The highest BCUT2D eigenvalue weighted by Crippen LogP contribution is 2.15. The summed E-state index contributed by atoms with van der Waals surface area (Å²) in [7, 11) is 0. The van der Waals surface area contributed by atoms with Crippen molar-refractivity contribution in [3.8, 4) is 0 Å². The average molecular weight is 241 g/mol. The molecule has 0 saturated carbocycles. The quantitative estimate of drug-likeness (QED) is 0.743. The molecule has 1 N–H and O–H groups in total. The molecular formula is C10H18F3NO2. The van der Waals surface area contributed by atoms with Crippen molar-refractivity contribution < 1.29 is 22.6 Å². The van der Waals surface area contributed by atoms with Gasteiger partial charge in [-0.05, 0) is 26.3 Å². The summed E-state index contributed by atoms with van der Waals surface area (Å²) < 4.78 is 45.1. The van der Waals surface area contributed by atoms with Gasteiger partial charge in [0.2, 0.25) is 0 Å². The molecule has 0 spiro atoms. The van der Waals surface area contributed by atoms with Gasteiger partial charge in [-0.25, -0.2) is 0 Å². The Morgan fingerprint density at radius 3 is 2.69 bits per heavy atom. The van der Waals surface area contributed by atoms with Crippen molar-refractivity contribution in [1.82, 2.24) is 5.32 Å². The van der Waals surface area contributed by atoms with Crippen molar-refractivity contribution >= 4 is 0 Å². The topological polar surface area (TPSA) is 30.5 Å². The molecule has 1 rings (SSSR count). The van der Waals surface area contributed by atoms with Crippen LogP contribution in [0.5, 0.6) is 0 Å². The summed E-state index contributed by atoms with van der Waals surface area (Å²) in [5, 5.41) is 3.25. The number of piperidine rings is 1. The molecule has 0 aromatic rings. The van der Waals surface area contributed by atoms with Gasteiger partial charge < -0.3 is 14.8 Å². The zero-order valence-corrected chi connectivity index (χ0v) is 9.35. The molecule has 0 aliphatic carbocycles. The van der Waals surface area contributed by atoms with Gasteiger partial charge in [-0.1, -0.05) is 0 Å². The summed E-state index contributed by atoms with van der Waals surface area (Å²) in [6.07, 6.45) is -2.17. The maximum absolute atomic E-state index is 11.7. The summed E-state index contributed by atoms with van der Waals surface area (Å²) in [6.45, 7) is 2.00. The Kier molecular flexibility index (Phi) is 5.51. The van der Waals surface area contributed by atoms with Crippen LogP contribution in [0.2, 0.25) is 0 Å². The number of halogens is 3. The smallest absolute Gasteiger partial charge is 0.374 e. The fourth-order valence-corrected chi connectivity index (χ4v) is 1.69. The molecule has 0 radical (unpaired) electrons. The second-order valence-electron chi connectivity index (χ2n) is 3.96. The van der Waals surface area contributed by atoms with Crippen molar-refractivity contribution in [2.75, 3.05) is 26.4 Å². The van der Waals surface area contributed by atoms with Gasteiger partial charge in [0.05, 0.1) is 19.3 Å². The molecule has 0 aromatic carbocycles. The van der Waals surface area contributed by atoms with E-state index in [9.17, 15) is 13.2 Å². The van der Waals surface area contributed by atoms with Crippen LogP contribution in [0, 0.1) is 0 Å². The van der Waals surface area contributed by atoms with Crippen molar-refractivity contribution in [2.24, 2.45) is 0 Å². The van der Waals surface area contributed by atoms with Crippen molar-refractivity contribution in [3.05, 3.63) is 0 Å². The van der Waals surface area contributed by atoms with Gasteiger partial charge in [-0.2, -0.15) is 13.2 Å². The largest absolute Gasteiger partial charge is 0.411 e. The Morgan fingerprint density at radius 2 is 2.06 bits per heavy atom. The predicted octanol–water partition coefficient (Wildman–Crippen LogP) is 1.72. The van der Waals surface area contributed by atoms with Crippen molar-refractivity contribution in [1.29, 1.82) is 0 Å². The van der Waals surface area contributed by atoms with E-state index in [4.69, 9.17) is 4.74 Å². The first-order valence-corrected chi connectivity index (χ1v) is 5.48. The lowest BCUT2D eigenvalue weighted by Gasteiger charge is -2.29. The van der Waals surface area contributed by atoms with Gasteiger partial charge in [0.15, 0.2) is 0 Å². The van der Waals surface area contributed by atoms with Gasteiger partial charge in [-0.15, -0.1) is 0 Å². The normalized spacial score (nSPS) is 27.0. The second-order valence-corrected chi connectivity index (χ2v) is 3.96. The highest BCUT2D eigenvalue weighted by Gasteiger charge is 2.27. The number of hydrogen-bond acceptors (Lipinski definition) is 3. The molecule has 96 valence electrons. The van der Waals surface area contributed by atoms with Crippen LogP contribution in [0.15, 0.2) is 0 Å². The molecule has 1 fully saturated rings. The van der Waals surface area contributed by atoms with Crippen LogP contribution >= 0.6 is 0 Å². The zero-order valence-electron chi connectivity index (χ0n) is 9.35. The van der Waals surface area contributed by atoms with E-state index >= 15 is 0 Å². The Labute approximate surface area is 93.3 Å². The highest BCUT2D eigenvalue weighted by molar-refractivity contribution is 4.77. The number of hydrogen-bond donors (Lipinski definition) is 1. The van der Waals surface area contributed by atoms with E-state index in [0.717, 1.165) is 19.4 Å². The van der Waals surface area contributed by atoms with Gasteiger partial charge in [0, 0.05) is 6.04 Å². The second kappa shape index (κ2) is 6.42. The third kappa shape index (κ3) is 5.67. The van der Waals surface area contributed by atoms with Gasteiger partial charge in [-0.3, -0.25) is 0 Å². The zero-order chi connectivity index (χ0) is 12.0. The lowest BCUT2D eigenvalue weighted by atomic mass is 10.0. The molecule has 1 aliphatic heterocycles. The summed E-state index contributed by atoms with van der Waals surface area (Å²) in [4.78, 5) is 0. The van der Waals surface area contributed by atoms with Crippen LogP contribution in [0.3, 0.4) is 0 Å². The van der Waals surface area contributed by atoms with Crippen LogP contribution in [0.1, 0.15) is 19.8 Å². The number of ether oxygens (including phenoxy) is 2. The van der Waals surface area contributed by atoms with Crippen molar-refractivity contribution in [3.63, 3.8) is 0 Å². The van der Waals surface area contributed by atoms with Crippen LogP contribution in [-0.2, 0) is 9.47 Å². The van der Waals surface area contributed by atoms with Crippen LogP contribution in [0.25, 0.3) is 0 Å². The summed E-state index contributed by atoms with van der Waals surface area (Å²) in [6, 6.07) is 0.261. The molecule has 2 unspecified atom stereocenters. The lowest BCUT2D eigenvalue weighted by Crippen LogP contribution is -2.44. The van der Waals surface area contributed by atoms with E-state index in [-0.39, 0.29) is 25.4 Å². The maximum Gasteiger partial charge on any atom is 0.411 e. The van der Waals surface area contributed by atoms with Gasteiger partial charge in [0.1, 0.15) is 6.61 Å². The Balaban J connectivity index is 2.02. The van der Waals surface area contributed by atoms with E-state index in [1.165, 1.54) is 0 Å². The standard InChI is InChI=1S/C10H18F3NO2/c1-8-9(3-2-4-14-8)16-6-5-15-7-10(11,12)13/h8-9,14H,2-7H2,1H3. The molecule has 0 bridgehead atoms. The number of rotatable bonds is 5. The average Bonchev–Trinajstić information content (AvgIpc) is 2.18. The molecule has 2 atom stereocenters. The minimum Gasteiger partial charge on any atom is -0.374 e. The molecule has 1 saturated heterocycles. The Hall–Kier alpha value is -0.330. The first-order chi connectivity index (χ1) is 7.49.